The maximum absolute atomic E-state index is 9.86. The Morgan fingerprint density at radius 3 is 1.09 bits per heavy atom. The van der Waals surface area contributed by atoms with E-state index in [-0.39, 0.29) is 22.8 Å². The van der Waals surface area contributed by atoms with Gasteiger partial charge in [-0.05, 0) is 216 Å². The fraction of sp³-hybridized carbons (Fsp3) is 0.283. The van der Waals surface area contributed by atoms with E-state index in [2.05, 4.69) is 205 Å². The van der Waals surface area contributed by atoms with Gasteiger partial charge in [-0.2, -0.15) is 20.2 Å². The number of benzene rings is 5. The number of rotatable bonds is 28. The highest BCUT2D eigenvalue weighted by Gasteiger charge is 2.53. The van der Waals surface area contributed by atoms with E-state index in [1.165, 1.54) is 166 Å². The fourth-order valence-corrected chi connectivity index (χ4v) is 20.7. The number of hydrogen-bond acceptors (Lipinski definition) is 12. The molecule has 4 heterocycles. The minimum Gasteiger partial charge on any atom is -0.298 e. The highest BCUT2D eigenvalue weighted by atomic mass is 32.1. The van der Waals surface area contributed by atoms with Gasteiger partial charge < -0.3 is 0 Å². The lowest BCUT2D eigenvalue weighted by molar-refractivity contribution is 0.666. The van der Waals surface area contributed by atoms with Crippen LogP contribution in [0.3, 0.4) is 0 Å². The highest BCUT2D eigenvalue weighted by Crippen LogP contribution is 2.66. The molecule has 106 heavy (non-hydrogen) atoms. The molecule has 8 nitrogen and oxygen atoms in total. The van der Waals surface area contributed by atoms with E-state index in [0.29, 0.717) is 31.6 Å². The van der Waals surface area contributed by atoms with Crippen molar-refractivity contribution >= 4 is 129 Å². The second-order valence-electron chi connectivity index (χ2n) is 28.1. The van der Waals surface area contributed by atoms with E-state index < -0.39 is 10.8 Å². The maximum atomic E-state index is 9.86. The largest absolute Gasteiger partial charge is 0.536 e. The maximum Gasteiger partial charge on any atom is 0.536 e. The first-order valence-corrected chi connectivity index (χ1v) is 41.5. The second kappa shape index (κ2) is 34.1. The average molecular weight is 1500 g/mol. The minimum atomic E-state index is -0.838. The minimum absolute atomic E-state index is 0.0281. The Labute approximate surface area is 651 Å². The first-order valence-electron chi connectivity index (χ1n) is 37.5. The van der Waals surface area contributed by atoms with E-state index in [9.17, 15) is 21.3 Å². The molecule has 4 aliphatic carbocycles. The molecule has 4 aliphatic rings. The molecule has 0 radical (unpaired) electrons. The molecule has 0 aliphatic heterocycles. The molecule has 0 spiro atoms. The Balaban J connectivity index is 1.09. The van der Waals surface area contributed by atoms with Gasteiger partial charge in [0.2, 0.25) is 0 Å². The van der Waals surface area contributed by atoms with Crippen LogP contribution in [0, 0.1) is 46.6 Å². The zero-order valence-corrected chi connectivity index (χ0v) is 65.7. The standard InChI is InChI=1S/C92H86N8S6/c1-7-11-15-19-23-59-27-37-66(38-28-59)91(67-39-29-60(30-40-67)24-20-16-12-8-2)76-54-75-77(53-74(76)88-78(91)55-82(105-88)72-47-35-63(84(95)86(72)99-101)51-70-45-49-80(103-70)65(57-93)58-94)92(68-41-31-61(32-42-68)25-21-17-13-9-3,69-43-33-62(34-44-69)26-22-18-14-10-4)79-56-83(106-89(75)79)73-48-36-64(85(96)87(73)100-102)52-71-46-50-81(104-71)90(97-5)98-6/h27-56,95-96,101-102H,7-26H2,1-4H3/b70-51+,71-52+,95-84?,96-85?,99-86?,100-87?. The van der Waals surface area contributed by atoms with Crippen molar-refractivity contribution in [2.75, 3.05) is 0 Å². The molecule has 4 aromatic heterocycles. The van der Waals surface area contributed by atoms with Gasteiger partial charge in [-0.3, -0.25) is 10.8 Å². The van der Waals surface area contributed by atoms with Gasteiger partial charge >= 0.3 is 5.82 Å². The number of nitrogens with one attached hydrogen (secondary N) is 2. The van der Waals surface area contributed by atoms with Crippen LogP contribution in [0.1, 0.15) is 207 Å². The van der Waals surface area contributed by atoms with Crippen LogP contribution in [-0.4, -0.2) is 22.8 Å². The van der Waals surface area contributed by atoms with Crippen molar-refractivity contribution in [1.82, 2.24) is 0 Å². The summed E-state index contributed by atoms with van der Waals surface area (Å²) in [4.78, 5) is 11.2. The molecule has 9 aromatic rings. The number of unbranched alkanes of at least 4 members (excludes halogenated alkanes) is 12. The molecule has 0 unspecified atom stereocenters. The zero-order chi connectivity index (χ0) is 73.9. The first kappa shape index (κ1) is 74.9. The Bertz CT molecular complexity index is 5030. The number of thiophene rings is 4. The molecule has 0 bridgehead atoms. The second-order valence-corrected chi connectivity index (χ2v) is 32.8. The van der Waals surface area contributed by atoms with Gasteiger partial charge in [0.15, 0.2) is 0 Å². The lowest BCUT2D eigenvalue weighted by Gasteiger charge is -2.36. The Hall–Kier alpha value is -9.32. The first-order chi connectivity index (χ1) is 51.9. The summed E-state index contributed by atoms with van der Waals surface area (Å²) in [5, 5.41) is 39.1. The molecule has 0 atom stereocenters. The van der Waals surface area contributed by atoms with Gasteiger partial charge in [-0.1, -0.05) is 226 Å². The van der Waals surface area contributed by atoms with Gasteiger partial charge in [0.25, 0.3) is 0 Å². The van der Waals surface area contributed by atoms with Crippen LogP contribution in [0.5, 0.6) is 0 Å². The molecule has 0 saturated heterocycles. The Kier molecular flexibility index (Phi) is 24.1. The monoisotopic (exact) mass is 1490 g/mol. The topological polar surface area (TPSA) is 129 Å². The van der Waals surface area contributed by atoms with Crippen molar-refractivity contribution in [1.29, 1.82) is 21.3 Å². The lowest BCUT2D eigenvalue weighted by Crippen LogP contribution is -2.30. The number of allylic oxidation sites excluding steroid dienone is 8. The molecule has 0 saturated carbocycles. The quantitative estimate of drug-likeness (QED) is 0.0169. The average Bonchev–Trinajstić information content (AvgIpc) is 1.50. The van der Waals surface area contributed by atoms with E-state index in [4.69, 9.17) is 13.1 Å². The van der Waals surface area contributed by atoms with Crippen molar-refractivity contribution in [3.05, 3.63) is 299 Å². The summed E-state index contributed by atoms with van der Waals surface area (Å²) < 4.78 is 12.1. The predicted octanol–water partition coefficient (Wildman–Crippen LogP) is 22.5. The molecule has 0 fully saturated rings. The summed E-state index contributed by atoms with van der Waals surface area (Å²) in [5.74, 6) is 0.0281. The molecule has 14 heteroatoms. The van der Waals surface area contributed by atoms with E-state index in [1.807, 2.05) is 48.6 Å². The van der Waals surface area contributed by atoms with Gasteiger partial charge in [-0.25, -0.2) is 8.80 Å². The van der Waals surface area contributed by atoms with Crippen LogP contribution >= 0.6 is 71.0 Å². The van der Waals surface area contributed by atoms with E-state index in [1.54, 1.807) is 34.8 Å². The summed E-state index contributed by atoms with van der Waals surface area (Å²) in [6.07, 6.45) is 34.9. The molecular formula is C92H86N8S6. The highest BCUT2D eigenvalue weighted by molar-refractivity contribution is 7.79. The van der Waals surface area contributed by atoms with Crippen LogP contribution in [0.2, 0.25) is 0 Å². The molecule has 530 valence electrons. The number of fused-ring (bicyclic) bond motifs is 6. The fourth-order valence-electron chi connectivity index (χ4n) is 15.9. The van der Waals surface area contributed by atoms with Crippen molar-refractivity contribution < 1.29 is 0 Å². The number of nitriles is 2. The molecule has 13 rings (SSSR count). The number of aryl methyl sites for hydroxylation is 4. The summed E-state index contributed by atoms with van der Waals surface area (Å²) >= 11 is 15.6. The third-order valence-electron chi connectivity index (χ3n) is 21.5. The Morgan fingerprint density at radius 1 is 0.434 bits per heavy atom. The number of nitrogens with zero attached hydrogens (tertiary/aromatic N) is 6. The summed E-state index contributed by atoms with van der Waals surface area (Å²) in [7, 11) is 0. The van der Waals surface area contributed by atoms with Gasteiger partial charge in [0.1, 0.15) is 46.8 Å². The third-order valence-corrected chi connectivity index (χ3v) is 26.3. The van der Waals surface area contributed by atoms with Crippen LogP contribution in [0.25, 0.3) is 65.3 Å². The Morgan fingerprint density at radius 2 is 0.774 bits per heavy atom. The van der Waals surface area contributed by atoms with Crippen LogP contribution < -0.4 is 18.1 Å². The number of hydrogen-bond donors (Lipinski definition) is 4. The van der Waals surface area contributed by atoms with Crippen LogP contribution in [0.15, 0.2) is 190 Å². The summed E-state index contributed by atoms with van der Waals surface area (Å²) in [6.45, 7) is 24.3. The van der Waals surface area contributed by atoms with E-state index >= 15 is 0 Å². The molecule has 5 aromatic carbocycles. The smallest absolute Gasteiger partial charge is 0.298 e. The van der Waals surface area contributed by atoms with Crippen molar-refractivity contribution in [2.45, 2.75) is 167 Å². The molecular weight excluding hydrogens is 1410 g/mol. The summed E-state index contributed by atoms with van der Waals surface area (Å²) in [6, 6.07) is 59.6. The van der Waals surface area contributed by atoms with Gasteiger partial charge in [0, 0.05) is 50.9 Å². The lowest BCUT2D eigenvalue weighted by atomic mass is 9.65. The predicted molar refractivity (Wildman–Crippen MR) is 456 cm³/mol. The van der Waals surface area contributed by atoms with Gasteiger partial charge in [-0.15, -0.1) is 45.3 Å². The van der Waals surface area contributed by atoms with Crippen LogP contribution in [-0.2, 0) is 36.5 Å². The summed E-state index contributed by atoms with van der Waals surface area (Å²) in [5.41, 5.74) is 19.8. The third kappa shape index (κ3) is 14.6. The van der Waals surface area contributed by atoms with E-state index in [0.717, 1.165) is 102 Å². The SMILES string of the molecule is [C-]#[N+]C([N+]#[C-])=c1cc/c(=C\C2=CC=C(c3cc4c(s3)-c3cc5c(cc3C4(c3ccc(CCCCCC)cc3)c3ccc(CCCCCC)cc3)-c3sc(C4=CC=C(/C=c6\ccc(=C(C#N)C#N)s6)C(=N)C4=NS)cc3C5(c3ccc(CCCCCC)cc3)c3ccc(CCCCCC)cc3)C(=NS)C2=N)s1. The number of thiol groups is 2. The van der Waals surface area contributed by atoms with Crippen molar-refractivity contribution in [2.24, 2.45) is 8.80 Å². The zero-order valence-electron chi connectivity index (χ0n) is 60.7. The molecule has 0 amide bonds. The van der Waals surface area contributed by atoms with Crippen molar-refractivity contribution in [3.63, 3.8) is 0 Å². The van der Waals surface area contributed by atoms with Crippen LogP contribution in [0.4, 0.5) is 0 Å². The normalized spacial score (nSPS) is 15.6. The van der Waals surface area contributed by atoms with Gasteiger partial charge in [0.05, 0.1) is 26.8 Å². The van der Waals surface area contributed by atoms with Crippen molar-refractivity contribution in [3.8, 4) is 33.0 Å². The molecule has 2 N–H and O–H groups in total.